The van der Waals surface area contributed by atoms with Crippen LogP contribution in [0, 0.1) is 23.2 Å². The second kappa shape index (κ2) is 5.85. The Balaban J connectivity index is 1.28. The highest BCUT2D eigenvalue weighted by atomic mass is 15.1. The number of piperidine rings is 1. The van der Waals surface area contributed by atoms with Gasteiger partial charge in [0.2, 0.25) is 0 Å². The Labute approximate surface area is 131 Å². The van der Waals surface area contributed by atoms with Crippen LogP contribution in [0.1, 0.15) is 64.2 Å². The molecule has 1 atom stereocenters. The summed E-state index contributed by atoms with van der Waals surface area (Å²) in [4.78, 5) is 2.63. The lowest BCUT2D eigenvalue weighted by molar-refractivity contribution is -0.0604. The molecule has 1 N–H and O–H groups in total. The summed E-state index contributed by atoms with van der Waals surface area (Å²) in [7, 11) is 2.36. The molecular weight excluding hydrogens is 256 g/mol. The van der Waals surface area contributed by atoms with Crippen LogP contribution in [0.3, 0.4) is 0 Å². The summed E-state index contributed by atoms with van der Waals surface area (Å²) in [6, 6.07) is 0.764. The van der Waals surface area contributed by atoms with Gasteiger partial charge < -0.3 is 10.2 Å². The van der Waals surface area contributed by atoms with E-state index in [-0.39, 0.29) is 0 Å². The average Bonchev–Trinajstić information content (AvgIpc) is 2.45. The van der Waals surface area contributed by atoms with Crippen molar-refractivity contribution in [3.63, 3.8) is 0 Å². The maximum Gasteiger partial charge on any atom is 0.0194 e. The molecule has 2 heteroatoms. The number of hydrogen-bond acceptors (Lipinski definition) is 2. The van der Waals surface area contributed by atoms with Crippen molar-refractivity contribution in [2.75, 3.05) is 26.7 Å². The second-order valence-electron chi connectivity index (χ2n) is 9.08. The molecule has 4 bridgehead atoms. The highest BCUT2D eigenvalue weighted by Gasteiger charge is 2.50. The van der Waals surface area contributed by atoms with Crippen molar-refractivity contribution in [2.45, 2.75) is 70.3 Å². The predicted octanol–water partition coefficient (Wildman–Crippen LogP) is 3.67. The molecule has 0 spiro atoms. The Morgan fingerprint density at radius 2 is 1.67 bits per heavy atom. The van der Waals surface area contributed by atoms with Crippen LogP contribution in [0.2, 0.25) is 0 Å². The van der Waals surface area contributed by atoms with E-state index in [2.05, 4.69) is 17.3 Å². The first-order chi connectivity index (χ1) is 10.2. The van der Waals surface area contributed by atoms with Crippen LogP contribution < -0.4 is 5.32 Å². The van der Waals surface area contributed by atoms with Crippen LogP contribution in [0.4, 0.5) is 0 Å². The summed E-state index contributed by atoms with van der Waals surface area (Å²) in [5.74, 6) is 3.34. The highest BCUT2D eigenvalue weighted by molar-refractivity contribution is 5.01. The molecule has 2 nitrogen and oxygen atoms in total. The molecule has 1 aliphatic heterocycles. The molecular formula is C19H34N2. The average molecular weight is 290 g/mol. The third-order valence-electron chi connectivity index (χ3n) is 7.13. The van der Waals surface area contributed by atoms with Gasteiger partial charge in [0.05, 0.1) is 0 Å². The molecule has 5 fully saturated rings. The molecule has 4 aliphatic carbocycles. The number of nitrogens with one attached hydrogen (secondary N) is 1. The molecule has 5 aliphatic rings. The Hall–Kier alpha value is -0.0800. The van der Waals surface area contributed by atoms with Gasteiger partial charge in [0.1, 0.15) is 0 Å². The summed E-state index contributed by atoms with van der Waals surface area (Å²) >= 11 is 0. The SMILES string of the molecule is CN(CCC12CC3CC(CC(C3)C1)C2)CC1CCCCN1. The quantitative estimate of drug-likeness (QED) is 0.831. The maximum atomic E-state index is 3.70. The summed E-state index contributed by atoms with van der Waals surface area (Å²) in [6.45, 7) is 3.85. The lowest BCUT2D eigenvalue weighted by Gasteiger charge is -2.57. The Morgan fingerprint density at radius 3 is 2.24 bits per heavy atom. The van der Waals surface area contributed by atoms with Gasteiger partial charge in [-0.3, -0.25) is 0 Å². The molecule has 4 saturated carbocycles. The smallest absolute Gasteiger partial charge is 0.0194 e. The number of hydrogen-bond donors (Lipinski definition) is 1. The van der Waals surface area contributed by atoms with Crippen LogP contribution in [0.25, 0.3) is 0 Å². The Kier molecular flexibility index (Phi) is 4.04. The summed E-state index contributed by atoms with van der Waals surface area (Å²) < 4.78 is 0. The zero-order chi connectivity index (χ0) is 14.3. The Bertz CT molecular complexity index is 323. The van der Waals surface area contributed by atoms with Crippen molar-refractivity contribution in [1.82, 2.24) is 10.2 Å². The minimum atomic E-state index is 0.764. The van der Waals surface area contributed by atoms with Gasteiger partial charge in [0, 0.05) is 12.6 Å². The molecule has 5 rings (SSSR count). The van der Waals surface area contributed by atoms with E-state index in [4.69, 9.17) is 0 Å². The number of likely N-dealkylation sites (N-methyl/N-ethyl adjacent to an activating group) is 1. The Morgan fingerprint density at radius 1 is 1.00 bits per heavy atom. The number of rotatable bonds is 5. The number of nitrogens with zero attached hydrogens (tertiary/aromatic N) is 1. The lowest BCUT2D eigenvalue weighted by Crippen LogP contribution is -2.48. The molecule has 120 valence electrons. The van der Waals surface area contributed by atoms with E-state index >= 15 is 0 Å². The van der Waals surface area contributed by atoms with E-state index in [0.717, 1.165) is 29.2 Å². The molecule has 1 heterocycles. The molecule has 1 unspecified atom stereocenters. The first-order valence-electron chi connectivity index (χ1n) is 9.63. The summed E-state index contributed by atoms with van der Waals surface area (Å²) in [6.07, 6.45) is 15.2. The van der Waals surface area contributed by atoms with E-state index in [1.807, 2.05) is 0 Å². The standard InChI is InChI=1S/C19H34N2/c1-21(14-18-4-2-3-6-20-18)7-5-19-11-15-8-16(12-19)10-17(9-15)13-19/h15-18,20H,2-14H2,1H3. The van der Waals surface area contributed by atoms with E-state index in [1.54, 1.807) is 38.5 Å². The molecule has 0 aromatic rings. The maximum absolute atomic E-state index is 3.70. The van der Waals surface area contributed by atoms with Crippen molar-refractivity contribution >= 4 is 0 Å². The first kappa shape index (κ1) is 14.5. The normalized spacial score (nSPS) is 45.4. The monoisotopic (exact) mass is 290 g/mol. The van der Waals surface area contributed by atoms with Gasteiger partial charge in [0.25, 0.3) is 0 Å². The molecule has 0 amide bonds. The minimum Gasteiger partial charge on any atom is -0.313 e. The van der Waals surface area contributed by atoms with Crippen LogP contribution >= 0.6 is 0 Å². The zero-order valence-electron chi connectivity index (χ0n) is 13.9. The van der Waals surface area contributed by atoms with Crippen molar-refractivity contribution < 1.29 is 0 Å². The van der Waals surface area contributed by atoms with Crippen LogP contribution in [-0.2, 0) is 0 Å². The van der Waals surface area contributed by atoms with E-state index < -0.39 is 0 Å². The molecule has 21 heavy (non-hydrogen) atoms. The molecule has 0 aromatic carbocycles. The van der Waals surface area contributed by atoms with Gasteiger partial charge in [-0.2, -0.15) is 0 Å². The lowest BCUT2D eigenvalue weighted by atomic mass is 9.49. The third kappa shape index (κ3) is 3.17. The molecule has 0 aromatic heterocycles. The van der Waals surface area contributed by atoms with E-state index in [9.17, 15) is 0 Å². The largest absolute Gasteiger partial charge is 0.313 e. The van der Waals surface area contributed by atoms with Crippen LogP contribution in [0.5, 0.6) is 0 Å². The second-order valence-corrected chi connectivity index (χ2v) is 9.08. The third-order valence-corrected chi connectivity index (χ3v) is 7.13. The van der Waals surface area contributed by atoms with Gasteiger partial charge in [-0.05, 0) is 101 Å². The van der Waals surface area contributed by atoms with Crippen LogP contribution in [0.15, 0.2) is 0 Å². The van der Waals surface area contributed by atoms with Crippen molar-refractivity contribution in [2.24, 2.45) is 23.2 Å². The minimum absolute atomic E-state index is 0.764. The van der Waals surface area contributed by atoms with Gasteiger partial charge in [-0.1, -0.05) is 6.42 Å². The van der Waals surface area contributed by atoms with Gasteiger partial charge in [-0.25, -0.2) is 0 Å². The highest BCUT2D eigenvalue weighted by Crippen LogP contribution is 2.61. The van der Waals surface area contributed by atoms with Gasteiger partial charge in [-0.15, -0.1) is 0 Å². The van der Waals surface area contributed by atoms with Crippen LogP contribution in [-0.4, -0.2) is 37.6 Å². The molecule has 1 saturated heterocycles. The fourth-order valence-electron chi connectivity index (χ4n) is 6.57. The van der Waals surface area contributed by atoms with Gasteiger partial charge >= 0.3 is 0 Å². The fourth-order valence-corrected chi connectivity index (χ4v) is 6.57. The topological polar surface area (TPSA) is 15.3 Å². The van der Waals surface area contributed by atoms with E-state index in [1.165, 1.54) is 45.3 Å². The molecule has 0 radical (unpaired) electrons. The van der Waals surface area contributed by atoms with Crippen molar-refractivity contribution in [3.8, 4) is 0 Å². The summed E-state index contributed by atoms with van der Waals surface area (Å²) in [5.41, 5.74) is 0.767. The first-order valence-corrected chi connectivity index (χ1v) is 9.63. The van der Waals surface area contributed by atoms with Crippen molar-refractivity contribution in [1.29, 1.82) is 0 Å². The predicted molar refractivity (Wildman–Crippen MR) is 88.4 cm³/mol. The van der Waals surface area contributed by atoms with Crippen molar-refractivity contribution in [3.05, 3.63) is 0 Å². The van der Waals surface area contributed by atoms with E-state index in [0.29, 0.717) is 0 Å². The fraction of sp³-hybridized carbons (Fsp3) is 1.00. The zero-order valence-corrected chi connectivity index (χ0v) is 13.9. The van der Waals surface area contributed by atoms with Gasteiger partial charge in [0.15, 0.2) is 0 Å². The summed E-state index contributed by atoms with van der Waals surface area (Å²) in [5, 5.41) is 3.70.